The Kier molecular flexibility index (Phi) is 4.34. The molecule has 4 rings (SSSR count). The van der Waals surface area contributed by atoms with Crippen LogP contribution < -0.4 is 5.32 Å². The predicted molar refractivity (Wildman–Crippen MR) is 93.7 cm³/mol. The maximum Gasteiger partial charge on any atom is 0.227 e. The minimum atomic E-state index is 0.0384. The van der Waals surface area contributed by atoms with E-state index in [2.05, 4.69) is 22.3 Å². The number of fused-ring (bicyclic) bond motifs is 5. The number of ether oxygens (including phenoxy) is 1. The van der Waals surface area contributed by atoms with Crippen molar-refractivity contribution in [3.63, 3.8) is 0 Å². The van der Waals surface area contributed by atoms with Gasteiger partial charge < -0.3 is 15.2 Å². The summed E-state index contributed by atoms with van der Waals surface area (Å²) in [6.07, 6.45) is 5.06. The van der Waals surface area contributed by atoms with Crippen molar-refractivity contribution >= 4 is 33.1 Å². The highest BCUT2D eigenvalue weighted by atomic mass is 32.1. The molecule has 3 aromatic heterocycles. The molecule has 24 heavy (non-hydrogen) atoms. The fourth-order valence-electron chi connectivity index (χ4n) is 3.28. The van der Waals surface area contributed by atoms with Crippen LogP contribution in [-0.2, 0) is 17.6 Å². The normalized spacial score (nSPS) is 17.5. The van der Waals surface area contributed by atoms with Gasteiger partial charge in [0.15, 0.2) is 5.65 Å². The number of aromatic nitrogens is 4. The Morgan fingerprint density at radius 3 is 3.25 bits per heavy atom. The highest BCUT2D eigenvalue weighted by Crippen LogP contribution is 2.39. The van der Waals surface area contributed by atoms with Crippen LogP contribution in [0.1, 0.15) is 23.8 Å². The molecule has 0 saturated carbocycles. The molecule has 2 N–H and O–H groups in total. The first kappa shape index (κ1) is 15.7. The highest BCUT2D eigenvalue weighted by molar-refractivity contribution is 7.19. The van der Waals surface area contributed by atoms with Crippen molar-refractivity contribution in [3.05, 3.63) is 16.8 Å². The molecular formula is C16H21N5O2S. The lowest BCUT2D eigenvalue weighted by Crippen LogP contribution is -2.15. The van der Waals surface area contributed by atoms with E-state index in [1.807, 2.05) is 0 Å². The topological polar surface area (TPSA) is 84.6 Å². The van der Waals surface area contributed by atoms with Gasteiger partial charge in [-0.2, -0.15) is 9.61 Å². The van der Waals surface area contributed by atoms with Crippen molar-refractivity contribution in [2.24, 2.45) is 5.92 Å². The van der Waals surface area contributed by atoms with E-state index in [-0.39, 0.29) is 6.61 Å². The van der Waals surface area contributed by atoms with Gasteiger partial charge in [-0.3, -0.25) is 0 Å². The molecule has 0 amide bonds. The van der Waals surface area contributed by atoms with Crippen LogP contribution in [-0.4, -0.2) is 51.1 Å². The maximum absolute atomic E-state index is 8.73. The third-order valence-corrected chi connectivity index (χ3v) is 5.62. The van der Waals surface area contributed by atoms with Crippen LogP contribution in [0.5, 0.6) is 0 Å². The van der Waals surface area contributed by atoms with Gasteiger partial charge in [0.1, 0.15) is 11.2 Å². The molecule has 0 radical (unpaired) electrons. The molecule has 1 aliphatic rings. The van der Waals surface area contributed by atoms with E-state index >= 15 is 0 Å². The highest BCUT2D eigenvalue weighted by Gasteiger charge is 2.24. The molecule has 1 aliphatic carbocycles. The summed E-state index contributed by atoms with van der Waals surface area (Å²) in [5.74, 6) is 1.40. The van der Waals surface area contributed by atoms with Crippen molar-refractivity contribution in [2.75, 3.05) is 31.7 Å². The fraction of sp³-hybridized carbons (Fsp3) is 0.562. The van der Waals surface area contributed by atoms with Gasteiger partial charge in [-0.1, -0.05) is 6.92 Å². The number of nitrogens with zero attached hydrogens (tertiary/aromatic N) is 4. The van der Waals surface area contributed by atoms with Gasteiger partial charge in [0.25, 0.3) is 0 Å². The zero-order chi connectivity index (χ0) is 16.5. The summed E-state index contributed by atoms with van der Waals surface area (Å²) >= 11 is 1.78. The SMILES string of the molecule is C[C@@H]1CCc2sc3nc(NCCOCCO)n4ncnc4c3c2C1. The summed E-state index contributed by atoms with van der Waals surface area (Å²) in [4.78, 5) is 11.8. The number of aryl methyl sites for hydroxylation is 1. The van der Waals surface area contributed by atoms with Crippen molar-refractivity contribution < 1.29 is 9.84 Å². The maximum atomic E-state index is 8.73. The van der Waals surface area contributed by atoms with Gasteiger partial charge in [0.2, 0.25) is 5.95 Å². The summed E-state index contributed by atoms with van der Waals surface area (Å²) < 4.78 is 7.06. The molecule has 1 atom stereocenters. The van der Waals surface area contributed by atoms with Crippen molar-refractivity contribution in [1.82, 2.24) is 19.6 Å². The number of nitrogens with one attached hydrogen (secondary N) is 1. The molecule has 128 valence electrons. The summed E-state index contributed by atoms with van der Waals surface area (Å²) in [5.41, 5.74) is 2.29. The van der Waals surface area contributed by atoms with Gasteiger partial charge >= 0.3 is 0 Å². The van der Waals surface area contributed by atoms with E-state index in [0.29, 0.717) is 31.6 Å². The molecule has 7 nitrogen and oxygen atoms in total. The Balaban J connectivity index is 1.69. The van der Waals surface area contributed by atoms with E-state index in [1.54, 1.807) is 22.2 Å². The van der Waals surface area contributed by atoms with E-state index in [9.17, 15) is 0 Å². The van der Waals surface area contributed by atoms with Crippen LogP contribution in [0, 0.1) is 5.92 Å². The third kappa shape index (κ3) is 2.74. The molecule has 0 aromatic carbocycles. The first-order valence-electron chi connectivity index (χ1n) is 8.34. The van der Waals surface area contributed by atoms with Crippen LogP contribution in [0.4, 0.5) is 5.95 Å². The van der Waals surface area contributed by atoms with Gasteiger partial charge in [0.05, 0.1) is 25.2 Å². The quantitative estimate of drug-likeness (QED) is 0.663. The van der Waals surface area contributed by atoms with Gasteiger partial charge in [-0.05, 0) is 30.7 Å². The van der Waals surface area contributed by atoms with Crippen LogP contribution in [0.25, 0.3) is 15.9 Å². The smallest absolute Gasteiger partial charge is 0.227 e. The van der Waals surface area contributed by atoms with Crippen LogP contribution in [0.15, 0.2) is 6.33 Å². The third-order valence-electron chi connectivity index (χ3n) is 4.43. The van der Waals surface area contributed by atoms with Gasteiger partial charge in [-0.25, -0.2) is 9.97 Å². The average Bonchev–Trinajstić information content (AvgIpc) is 3.18. The summed E-state index contributed by atoms with van der Waals surface area (Å²) in [5, 5.41) is 17.5. The zero-order valence-electron chi connectivity index (χ0n) is 13.7. The second kappa shape index (κ2) is 6.62. The van der Waals surface area contributed by atoms with Crippen LogP contribution >= 0.6 is 11.3 Å². The molecule has 0 spiro atoms. The number of aliphatic hydroxyl groups is 1. The molecule has 0 bridgehead atoms. The summed E-state index contributed by atoms with van der Waals surface area (Å²) in [6, 6.07) is 0. The first-order chi connectivity index (χ1) is 11.8. The standard InChI is InChI=1S/C16H21N5O2S/c1-10-2-3-12-11(8-10)13-14-18-9-19-21(14)16(20-15(13)24-12)17-4-6-23-7-5-22/h9-10,22H,2-8H2,1H3,(H,17,20)/t10-/m1/s1. The molecular weight excluding hydrogens is 326 g/mol. The Morgan fingerprint density at radius 1 is 1.46 bits per heavy atom. The second-order valence-electron chi connectivity index (χ2n) is 6.23. The van der Waals surface area contributed by atoms with Crippen LogP contribution in [0.2, 0.25) is 0 Å². The molecule has 0 fully saturated rings. The number of hydrogen-bond donors (Lipinski definition) is 2. The number of thiophene rings is 1. The van der Waals surface area contributed by atoms with Crippen molar-refractivity contribution in [1.29, 1.82) is 0 Å². The average molecular weight is 347 g/mol. The van der Waals surface area contributed by atoms with E-state index in [1.165, 1.54) is 22.2 Å². The number of hydrogen-bond acceptors (Lipinski definition) is 7. The molecule has 0 unspecified atom stereocenters. The zero-order valence-corrected chi connectivity index (χ0v) is 14.5. The number of aliphatic hydroxyl groups excluding tert-OH is 1. The van der Waals surface area contributed by atoms with E-state index in [4.69, 9.17) is 14.8 Å². The lowest BCUT2D eigenvalue weighted by molar-refractivity contribution is 0.0991. The van der Waals surface area contributed by atoms with Gasteiger partial charge in [0, 0.05) is 11.4 Å². The van der Waals surface area contributed by atoms with E-state index < -0.39 is 0 Å². The largest absolute Gasteiger partial charge is 0.394 e. The monoisotopic (exact) mass is 347 g/mol. The molecule has 8 heteroatoms. The van der Waals surface area contributed by atoms with Crippen molar-refractivity contribution in [3.8, 4) is 0 Å². The molecule has 3 aromatic rings. The lowest BCUT2D eigenvalue weighted by atomic mass is 9.89. The second-order valence-corrected chi connectivity index (χ2v) is 7.31. The van der Waals surface area contributed by atoms with Crippen molar-refractivity contribution in [2.45, 2.75) is 26.2 Å². The Morgan fingerprint density at radius 2 is 2.38 bits per heavy atom. The predicted octanol–water partition coefficient (Wildman–Crippen LogP) is 1.88. The summed E-state index contributed by atoms with van der Waals surface area (Å²) in [6.45, 7) is 3.81. The molecule has 0 saturated heterocycles. The number of anilines is 1. The Bertz CT molecular complexity index is 859. The first-order valence-corrected chi connectivity index (χ1v) is 9.16. The molecule has 3 heterocycles. The minimum absolute atomic E-state index is 0.0384. The summed E-state index contributed by atoms with van der Waals surface area (Å²) in [7, 11) is 0. The Hall–Kier alpha value is -1.77. The minimum Gasteiger partial charge on any atom is -0.394 e. The fourth-order valence-corrected chi connectivity index (χ4v) is 4.49. The number of rotatable bonds is 6. The molecule has 0 aliphatic heterocycles. The lowest BCUT2D eigenvalue weighted by Gasteiger charge is -2.17. The van der Waals surface area contributed by atoms with Gasteiger partial charge in [-0.15, -0.1) is 11.3 Å². The van der Waals surface area contributed by atoms with E-state index in [0.717, 1.165) is 23.3 Å². The Labute approximate surface area is 143 Å². The van der Waals surface area contributed by atoms with Crippen LogP contribution in [0.3, 0.4) is 0 Å².